The van der Waals surface area contributed by atoms with Gasteiger partial charge in [0.25, 0.3) is 0 Å². The number of likely N-dealkylation sites (tertiary alicyclic amines) is 1. The number of carbonyl (C=O) groups is 1. The van der Waals surface area contributed by atoms with E-state index >= 15 is 0 Å². The molecule has 0 saturated carbocycles. The zero-order valence-electron chi connectivity index (χ0n) is 10.3. The smallest absolute Gasteiger partial charge is 0.371 e. The maximum absolute atomic E-state index is 10.7. The Balaban J connectivity index is 2.05. The van der Waals surface area contributed by atoms with Crippen LogP contribution in [0.3, 0.4) is 0 Å². The lowest BCUT2D eigenvalue weighted by Gasteiger charge is -2.38. The summed E-state index contributed by atoms with van der Waals surface area (Å²) in [6.45, 7) is 5.14. The molecule has 0 amide bonds. The SMILES string of the molecule is C[C@@H]1CCC[C@H](C)N1Cc1ccc(C(=O)O)o1. The summed E-state index contributed by atoms with van der Waals surface area (Å²) in [7, 11) is 0. The van der Waals surface area contributed by atoms with Crippen LogP contribution in [0, 0.1) is 0 Å². The first-order valence-electron chi connectivity index (χ1n) is 6.15. The lowest BCUT2D eigenvalue weighted by molar-refractivity contribution is 0.0645. The fourth-order valence-corrected chi connectivity index (χ4v) is 2.54. The fraction of sp³-hybridized carbons (Fsp3) is 0.615. The molecule has 0 aliphatic carbocycles. The molecule has 0 unspecified atom stereocenters. The molecule has 1 saturated heterocycles. The molecule has 1 aliphatic rings. The first-order chi connectivity index (χ1) is 8.08. The van der Waals surface area contributed by atoms with Gasteiger partial charge in [-0.3, -0.25) is 4.90 Å². The van der Waals surface area contributed by atoms with Crippen LogP contribution in [0.4, 0.5) is 0 Å². The number of piperidine rings is 1. The zero-order valence-corrected chi connectivity index (χ0v) is 10.3. The molecule has 4 heteroatoms. The molecule has 1 aromatic heterocycles. The number of nitrogens with zero attached hydrogens (tertiary/aromatic N) is 1. The van der Waals surface area contributed by atoms with E-state index in [1.807, 2.05) is 0 Å². The van der Waals surface area contributed by atoms with Crippen molar-refractivity contribution in [1.29, 1.82) is 0 Å². The van der Waals surface area contributed by atoms with Crippen LogP contribution in [0.5, 0.6) is 0 Å². The minimum atomic E-state index is -1.00. The summed E-state index contributed by atoms with van der Waals surface area (Å²) in [6, 6.07) is 4.36. The van der Waals surface area contributed by atoms with E-state index in [9.17, 15) is 4.79 Å². The summed E-state index contributed by atoms with van der Waals surface area (Å²) in [5, 5.41) is 8.80. The van der Waals surface area contributed by atoms with Crippen molar-refractivity contribution < 1.29 is 14.3 Å². The molecule has 0 aromatic carbocycles. The van der Waals surface area contributed by atoms with Gasteiger partial charge in [-0.05, 0) is 38.8 Å². The van der Waals surface area contributed by atoms with Crippen molar-refractivity contribution in [2.45, 2.75) is 51.7 Å². The normalized spacial score (nSPS) is 26.0. The minimum Gasteiger partial charge on any atom is -0.475 e. The number of carboxylic acid groups (broad SMARTS) is 1. The molecular weight excluding hydrogens is 218 g/mol. The lowest BCUT2D eigenvalue weighted by Crippen LogP contribution is -2.42. The molecule has 4 nitrogen and oxygen atoms in total. The predicted octanol–water partition coefficient (Wildman–Crippen LogP) is 2.74. The first-order valence-corrected chi connectivity index (χ1v) is 6.15. The third-order valence-corrected chi connectivity index (χ3v) is 3.59. The summed E-state index contributed by atoms with van der Waals surface area (Å²) in [6.07, 6.45) is 3.69. The lowest BCUT2D eigenvalue weighted by atomic mass is 9.97. The highest BCUT2D eigenvalue weighted by atomic mass is 16.4. The Kier molecular flexibility index (Phi) is 3.52. The Morgan fingerprint density at radius 2 is 2.06 bits per heavy atom. The van der Waals surface area contributed by atoms with Crippen LogP contribution in [-0.2, 0) is 6.54 Å². The summed E-state index contributed by atoms with van der Waals surface area (Å²) in [5.74, 6) is -0.240. The first kappa shape index (κ1) is 12.2. The van der Waals surface area contributed by atoms with E-state index in [0.717, 1.165) is 5.76 Å². The maximum atomic E-state index is 10.7. The van der Waals surface area contributed by atoms with Crippen LogP contribution in [0.1, 0.15) is 49.4 Å². The highest BCUT2D eigenvalue weighted by molar-refractivity contribution is 5.84. The zero-order chi connectivity index (χ0) is 12.4. The van der Waals surface area contributed by atoms with Crippen molar-refractivity contribution in [3.8, 4) is 0 Å². The van der Waals surface area contributed by atoms with Crippen LogP contribution in [-0.4, -0.2) is 28.1 Å². The highest BCUT2D eigenvalue weighted by Gasteiger charge is 2.25. The van der Waals surface area contributed by atoms with Gasteiger partial charge in [-0.15, -0.1) is 0 Å². The molecule has 94 valence electrons. The van der Waals surface area contributed by atoms with Crippen molar-refractivity contribution in [2.75, 3.05) is 0 Å². The van der Waals surface area contributed by atoms with Crippen LogP contribution >= 0.6 is 0 Å². The number of hydrogen-bond acceptors (Lipinski definition) is 3. The average Bonchev–Trinajstić information content (AvgIpc) is 2.72. The Hall–Kier alpha value is -1.29. The second-order valence-corrected chi connectivity index (χ2v) is 4.87. The van der Waals surface area contributed by atoms with Gasteiger partial charge in [0.15, 0.2) is 0 Å². The third kappa shape index (κ3) is 2.69. The molecule has 0 bridgehead atoms. The number of aromatic carboxylic acids is 1. The van der Waals surface area contributed by atoms with Crippen molar-refractivity contribution in [2.24, 2.45) is 0 Å². The van der Waals surface area contributed by atoms with E-state index < -0.39 is 5.97 Å². The quantitative estimate of drug-likeness (QED) is 0.878. The summed E-state index contributed by atoms with van der Waals surface area (Å²) in [4.78, 5) is 13.1. The van der Waals surface area contributed by atoms with Crippen molar-refractivity contribution in [1.82, 2.24) is 4.90 Å². The Morgan fingerprint density at radius 1 is 1.41 bits per heavy atom. The molecule has 2 heterocycles. The van der Waals surface area contributed by atoms with Gasteiger partial charge in [0, 0.05) is 12.1 Å². The van der Waals surface area contributed by atoms with E-state index in [0.29, 0.717) is 18.6 Å². The highest BCUT2D eigenvalue weighted by Crippen LogP contribution is 2.25. The largest absolute Gasteiger partial charge is 0.475 e. The number of carboxylic acids is 1. The van der Waals surface area contributed by atoms with Gasteiger partial charge in [-0.2, -0.15) is 0 Å². The molecule has 1 fully saturated rings. The van der Waals surface area contributed by atoms with Crippen LogP contribution in [0.25, 0.3) is 0 Å². The van der Waals surface area contributed by atoms with Gasteiger partial charge in [0.2, 0.25) is 5.76 Å². The van der Waals surface area contributed by atoms with E-state index in [4.69, 9.17) is 9.52 Å². The van der Waals surface area contributed by atoms with Gasteiger partial charge in [0.05, 0.1) is 6.54 Å². The average molecular weight is 237 g/mol. The van der Waals surface area contributed by atoms with Crippen molar-refractivity contribution in [3.05, 3.63) is 23.7 Å². The van der Waals surface area contributed by atoms with E-state index in [1.165, 1.54) is 25.3 Å². The van der Waals surface area contributed by atoms with Crippen LogP contribution in [0.15, 0.2) is 16.5 Å². The van der Waals surface area contributed by atoms with Gasteiger partial charge < -0.3 is 9.52 Å². The molecule has 0 radical (unpaired) electrons. The Morgan fingerprint density at radius 3 is 2.59 bits per heavy atom. The summed E-state index contributed by atoms with van der Waals surface area (Å²) >= 11 is 0. The third-order valence-electron chi connectivity index (χ3n) is 3.59. The standard InChI is InChI=1S/C13H19NO3/c1-9-4-3-5-10(2)14(9)8-11-6-7-12(17-11)13(15)16/h6-7,9-10H,3-5,8H2,1-2H3,(H,15,16)/t9-,10+. The van der Waals surface area contributed by atoms with Crippen LogP contribution < -0.4 is 0 Å². The second-order valence-electron chi connectivity index (χ2n) is 4.87. The summed E-state index contributed by atoms with van der Waals surface area (Å²) < 4.78 is 5.30. The van der Waals surface area contributed by atoms with Crippen molar-refractivity contribution >= 4 is 5.97 Å². The molecular formula is C13H19NO3. The van der Waals surface area contributed by atoms with Gasteiger partial charge >= 0.3 is 5.97 Å². The predicted molar refractivity (Wildman–Crippen MR) is 64.0 cm³/mol. The molecule has 17 heavy (non-hydrogen) atoms. The molecule has 0 spiro atoms. The number of hydrogen-bond donors (Lipinski definition) is 1. The molecule has 1 N–H and O–H groups in total. The van der Waals surface area contributed by atoms with Crippen LogP contribution in [0.2, 0.25) is 0 Å². The Bertz CT molecular complexity index is 389. The number of rotatable bonds is 3. The molecule has 2 atom stereocenters. The van der Waals surface area contributed by atoms with E-state index in [2.05, 4.69) is 18.7 Å². The Labute approximate surface area is 101 Å². The maximum Gasteiger partial charge on any atom is 0.371 e. The second kappa shape index (κ2) is 4.92. The topological polar surface area (TPSA) is 53.7 Å². The molecule has 2 rings (SSSR count). The minimum absolute atomic E-state index is 0.0253. The monoisotopic (exact) mass is 237 g/mol. The van der Waals surface area contributed by atoms with Gasteiger partial charge in [-0.25, -0.2) is 4.79 Å². The van der Waals surface area contributed by atoms with Gasteiger partial charge in [0.1, 0.15) is 5.76 Å². The van der Waals surface area contributed by atoms with E-state index in [1.54, 1.807) is 6.07 Å². The number of furan rings is 1. The van der Waals surface area contributed by atoms with Crippen molar-refractivity contribution in [3.63, 3.8) is 0 Å². The molecule has 1 aromatic rings. The van der Waals surface area contributed by atoms with Gasteiger partial charge in [-0.1, -0.05) is 6.42 Å². The molecule has 1 aliphatic heterocycles. The fourth-order valence-electron chi connectivity index (χ4n) is 2.54. The summed E-state index contributed by atoms with van der Waals surface area (Å²) in [5.41, 5.74) is 0. The van der Waals surface area contributed by atoms with E-state index in [-0.39, 0.29) is 5.76 Å².